The van der Waals surface area contributed by atoms with E-state index in [0.29, 0.717) is 0 Å². The molecule has 0 atom stereocenters. The van der Waals surface area contributed by atoms with E-state index in [4.69, 9.17) is 4.74 Å². The summed E-state index contributed by atoms with van der Waals surface area (Å²) in [5.41, 5.74) is -0.224. The number of carbonyl (C=O) groups is 1. The second kappa shape index (κ2) is 6.44. The van der Waals surface area contributed by atoms with Gasteiger partial charge in [-0.1, -0.05) is 0 Å². The van der Waals surface area contributed by atoms with E-state index < -0.39 is 36.7 Å². The van der Waals surface area contributed by atoms with Crippen LogP contribution in [0.5, 0.6) is 11.5 Å². The molecule has 4 nitrogen and oxygen atoms in total. The molecule has 0 aromatic heterocycles. The van der Waals surface area contributed by atoms with E-state index in [1.165, 1.54) is 0 Å². The number of halogens is 4. The lowest BCUT2D eigenvalue weighted by Crippen LogP contribution is -2.21. The van der Waals surface area contributed by atoms with Gasteiger partial charge in [0, 0.05) is 11.6 Å². The zero-order chi connectivity index (χ0) is 15.3. The summed E-state index contributed by atoms with van der Waals surface area (Å²) in [7, 11) is 0. The maximum Gasteiger partial charge on any atom is 0.422 e. The molecule has 1 rings (SSSR count). The maximum atomic E-state index is 13.5. The Labute approximate surface area is 111 Å². The van der Waals surface area contributed by atoms with E-state index in [2.05, 4.69) is 4.74 Å². The summed E-state index contributed by atoms with van der Waals surface area (Å²) in [5.74, 6) is -2.69. The summed E-state index contributed by atoms with van der Waals surface area (Å²) in [6.07, 6.45) is -5.33. The van der Waals surface area contributed by atoms with Crippen LogP contribution in [0.2, 0.25) is 0 Å². The lowest BCUT2D eigenvalue weighted by molar-refractivity contribution is -0.185. The fourth-order valence-corrected chi connectivity index (χ4v) is 1.36. The van der Waals surface area contributed by atoms with E-state index in [1.54, 1.807) is 6.92 Å². The Morgan fingerprint density at radius 3 is 2.55 bits per heavy atom. The van der Waals surface area contributed by atoms with Crippen LogP contribution in [0.3, 0.4) is 0 Å². The molecule has 0 aliphatic rings. The normalized spacial score (nSPS) is 11.2. The number of carbonyl (C=O) groups excluding carboxylic acids is 1. The van der Waals surface area contributed by atoms with Gasteiger partial charge in [-0.2, -0.15) is 13.2 Å². The number of esters is 1. The molecule has 1 N–H and O–H groups in total. The summed E-state index contributed by atoms with van der Waals surface area (Å²) in [6, 6.07) is 1.76. The Hall–Kier alpha value is -1.99. The van der Waals surface area contributed by atoms with E-state index in [9.17, 15) is 27.5 Å². The molecule has 0 saturated carbocycles. The van der Waals surface area contributed by atoms with Crippen LogP contribution in [-0.4, -0.2) is 30.5 Å². The highest BCUT2D eigenvalue weighted by molar-refractivity contribution is 5.73. The standard InChI is InChI=1S/C12H12F4O4/c1-2-19-10-3-7(8(13)5-9(10)17)4-11(18)20-6-12(14,15)16/h3,5,17H,2,4,6H2,1H3. The third kappa shape index (κ3) is 4.94. The lowest BCUT2D eigenvalue weighted by Gasteiger charge is -2.10. The molecule has 0 aliphatic heterocycles. The fraction of sp³-hybridized carbons (Fsp3) is 0.417. The Bertz CT molecular complexity index is 485. The lowest BCUT2D eigenvalue weighted by atomic mass is 10.1. The number of rotatable bonds is 5. The second-order valence-electron chi connectivity index (χ2n) is 3.80. The number of hydrogen-bond acceptors (Lipinski definition) is 4. The van der Waals surface area contributed by atoms with Gasteiger partial charge in [0.15, 0.2) is 18.1 Å². The van der Waals surface area contributed by atoms with Crippen molar-refractivity contribution in [2.45, 2.75) is 19.5 Å². The highest BCUT2D eigenvalue weighted by Crippen LogP contribution is 2.29. The second-order valence-corrected chi connectivity index (χ2v) is 3.80. The average molecular weight is 296 g/mol. The molecule has 0 radical (unpaired) electrons. The van der Waals surface area contributed by atoms with Crippen LogP contribution in [-0.2, 0) is 16.0 Å². The van der Waals surface area contributed by atoms with Crippen molar-refractivity contribution >= 4 is 5.97 Å². The van der Waals surface area contributed by atoms with E-state index in [0.717, 1.165) is 12.1 Å². The van der Waals surface area contributed by atoms with Crippen molar-refractivity contribution in [2.24, 2.45) is 0 Å². The zero-order valence-corrected chi connectivity index (χ0v) is 10.5. The number of benzene rings is 1. The van der Waals surface area contributed by atoms with Crippen LogP contribution in [0.1, 0.15) is 12.5 Å². The number of phenolic OH excluding ortho intramolecular Hbond substituents is 1. The van der Waals surface area contributed by atoms with Crippen LogP contribution < -0.4 is 4.74 Å². The predicted molar refractivity (Wildman–Crippen MR) is 60.0 cm³/mol. The molecular weight excluding hydrogens is 284 g/mol. The minimum Gasteiger partial charge on any atom is -0.504 e. The Morgan fingerprint density at radius 2 is 2.00 bits per heavy atom. The van der Waals surface area contributed by atoms with E-state index >= 15 is 0 Å². The minimum atomic E-state index is -4.64. The molecule has 112 valence electrons. The van der Waals surface area contributed by atoms with Gasteiger partial charge < -0.3 is 14.6 Å². The highest BCUT2D eigenvalue weighted by Gasteiger charge is 2.29. The molecule has 0 saturated heterocycles. The number of alkyl halides is 3. The first-order valence-corrected chi connectivity index (χ1v) is 5.59. The predicted octanol–water partition coefficient (Wildman–Crippen LogP) is 2.58. The fourth-order valence-electron chi connectivity index (χ4n) is 1.36. The molecule has 0 spiro atoms. The zero-order valence-electron chi connectivity index (χ0n) is 10.5. The van der Waals surface area contributed by atoms with Crippen LogP contribution in [0.4, 0.5) is 17.6 Å². The molecule has 1 aromatic carbocycles. The number of ether oxygens (including phenoxy) is 2. The molecule has 20 heavy (non-hydrogen) atoms. The summed E-state index contributed by atoms with van der Waals surface area (Å²) in [6.45, 7) is 0.0844. The number of hydrogen-bond donors (Lipinski definition) is 1. The molecule has 0 amide bonds. The van der Waals surface area contributed by atoms with Crippen LogP contribution in [0.15, 0.2) is 12.1 Å². The highest BCUT2D eigenvalue weighted by atomic mass is 19.4. The van der Waals surface area contributed by atoms with E-state index in [-0.39, 0.29) is 17.9 Å². The molecule has 0 bridgehead atoms. The first-order chi connectivity index (χ1) is 9.23. The molecule has 0 heterocycles. The Morgan fingerprint density at radius 1 is 1.35 bits per heavy atom. The van der Waals surface area contributed by atoms with Crippen molar-refractivity contribution in [1.82, 2.24) is 0 Å². The smallest absolute Gasteiger partial charge is 0.422 e. The topological polar surface area (TPSA) is 55.8 Å². The third-order valence-electron chi connectivity index (χ3n) is 2.16. The minimum absolute atomic E-state index is 0.0625. The third-order valence-corrected chi connectivity index (χ3v) is 2.16. The van der Waals surface area contributed by atoms with Gasteiger partial charge in [0.25, 0.3) is 0 Å². The van der Waals surface area contributed by atoms with Crippen molar-refractivity contribution < 1.29 is 36.9 Å². The van der Waals surface area contributed by atoms with Gasteiger partial charge >= 0.3 is 12.1 Å². The van der Waals surface area contributed by atoms with E-state index in [1.807, 2.05) is 0 Å². The largest absolute Gasteiger partial charge is 0.504 e. The van der Waals surface area contributed by atoms with Gasteiger partial charge in [0.05, 0.1) is 13.0 Å². The molecular formula is C12H12F4O4. The molecule has 0 fully saturated rings. The molecule has 1 aromatic rings. The summed E-state index contributed by atoms with van der Waals surface area (Å²) in [5, 5.41) is 9.36. The van der Waals surface area contributed by atoms with Crippen LogP contribution >= 0.6 is 0 Å². The summed E-state index contributed by atoms with van der Waals surface area (Å²) in [4.78, 5) is 11.2. The number of aromatic hydroxyl groups is 1. The van der Waals surface area contributed by atoms with Crippen LogP contribution in [0, 0.1) is 5.82 Å². The van der Waals surface area contributed by atoms with Gasteiger partial charge in [0.2, 0.25) is 0 Å². The molecule has 0 aliphatic carbocycles. The summed E-state index contributed by atoms with van der Waals surface area (Å²) >= 11 is 0. The van der Waals surface area contributed by atoms with Crippen molar-refractivity contribution in [3.8, 4) is 11.5 Å². The SMILES string of the molecule is CCOc1cc(CC(=O)OCC(F)(F)F)c(F)cc1O. The van der Waals surface area contributed by atoms with Gasteiger partial charge in [-0.25, -0.2) is 4.39 Å². The molecule has 0 unspecified atom stereocenters. The van der Waals surface area contributed by atoms with Crippen molar-refractivity contribution in [1.29, 1.82) is 0 Å². The first-order valence-electron chi connectivity index (χ1n) is 5.59. The monoisotopic (exact) mass is 296 g/mol. The van der Waals surface area contributed by atoms with Crippen LogP contribution in [0.25, 0.3) is 0 Å². The van der Waals surface area contributed by atoms with Gasteiger partial charge in [-0.3, -0.25) is 4.79 Å². The van der Waals surface area contributed by atoms with Gasteiger partial charge in [-0.15, -0.1) is 0 Å². The van der Waals surface area contributed by atoms with Crippen molar-refractivity contribution in [3.63, 3.8) is 0 Å². The number of phenols is 1. The van der Waals surface area contributed by atoms with Crippen molar-refractivity contribution in [3.05, 3.63) is 23.5 Å². The van der Waals surface area contributed by atoms with Gasteiger partial charge in [-0.05, 0) is 13.0 Å². The Balaban J connectivity index is 2.76. The quantitative estimate of drug-likeness (QED) is 0.670. The van der Waals surface area contributed by atoms with Crippen molar-refractivity contribution in [2.75, 3.05) is 13.2 Å². The van der Waals surface area contributed by atoms with Gasteiger partial charge in [0.1, 0.15) is 5.82 Å². The average Bonchev–Trinajstić information content (AvgIpc) is 2.32. The maximum absolute atomic E-state index is 13.5. The summed E-state index contributed by atoms with van der Waals surface area (Å²) < 4.78 is 57.9. The molecule has 8 heteroatoms. The Kier molecular flexibility index (Phi) is 5.18. The first kappa shape index (κ1) is 16.1.